The molecule has 2 aliphatic carbocycles. The zero-order chi connectivity index (χ0) is 73.2. The molecule has 0 saturated heterocycles. The summed E-state index contributed by atoms with van der Waals surface area (Å²) < 4.78 is 36.3. The second kappa shape index (κ2) is 31.6. The molecular formula is C100H84N2O6. The highest BCUT2D eigenvalue weighted by molar-refractivity contribution is 5.92. The summed E-state index contributed by atoms with van der Waals surface area (Å²) in [4.78, 5) is 4.76. The molecule has 0 aliphatic heterocycles. The third kappa shape index (κ3) is 13.7. The van der Waals surface area contributed by atoms with E-state index in [1.54, 1.807) is 0 Å². The molecule has 0 N–H and O–H groups in total. The number of para-hydroxylation sites is 2. The summed E-state index contributed by atoms with van der Waals surface area (Å²) in [6, 6.07) is 123. The maximum absolute atomic E-state index is 6.48. The Balaban J connectivity index is 0.743. The van der Waals surface area contributed by atoms with E-state index in [9.17, 15) is 0 Å². The van der Waals surface area contributed by atoms with E-state index in [0.717, 1.165) is 113 Å². The maximum Gasteiger partial charge on any atom is 0.147 e. The summed E-state index contributed by atoms with van der Waals surface area (Å²) in [6.45, 7) is 15.6. The molecule has 0 radical (unpaired) electrons. The van der Waals surface area contributed by atoms with Gasteiger partial charge >= 0.3 is 0 Å². The Labute approximate surface area is 634 Å². The van der Waals surface area contributed by atoms with E-state index in [2.05, 4.69) is 363 Å². The second-order valence-electron chi connectivity index (χ2n) is 27.2. The van der Waals surface area contributed by atoms with Gasteiger partial charge in [-0.1, -0.05) is 256 Å². The van der Waals surface area contributed by atoms with Crippen molar-refractivity contribution in [3.63, 3.8) is 0 Å². The third-order valence-corrected chi connectivity index (χ3v) is 21.0. The molecule has 0 amide bonds. The molecule has 0 heterocycles. The number of rotatable bonds is 29. The highest BCUT2D eigenvalue weighted by atomic mass is 16.7. The second-order valence-corrected chi connectivity index (χ2v) is 27.2. The molecule has 2 atom stereocenters. The molecule has 14 aromatic rings. The predicted octanol–water partition coefficient (Wildman–Crippen LogP) is 24.4. The van der Waals surface area contributed by atoms with Crippen LogP contribution in [-0.4, -0.2) is 33.2 Å². The van der Waals surface area contributed by atoms with Crippen LogP contribution in [0.2, 0.25) is 0 Å². The van der Waals surface area contributed by atoms with Gasteiger partial charge in [0.15, 0.2) is 0 Å². The van der Waals surface area contributed by atoms with Crippen molar-refractivity contribution in [2.75, 3.05) is 43.0 Å². The van der Waals surface area contributed by atoms with Gasteiger partial charge in [-0.25, -0.2) is 0 Å². The van der Waals surface area contributed by atoms with Crippen molar-refractivity contribution in [1.82, 2.24) is 0 Å². The Hall–Kier alpha value is -12.6. The van der Waals surface area contributed by atoms with Crippen molar-refractivity contribution in [1.29, 1.82) is 0 Å². The van der Waals surface area contributed by atoms with E-state index in [4.69, 9.17) is 28.4 Å². The van der Waals surface area contributed by atoms with Crippen LogP contribution in [0.1, 0.15) is 86.2 Å². The van der Waals surface area contributed by atoms with Gasteiger partial charge in [-0.2, -0.15) is 0 Å². The van der Waals surface area contributed by atoms with E-state index < -0.39 is 10.8 Å². The number of nitrogens with zero attached hydrogens (tertiary/aromatic N) is 2. The van der Waals surface area contributed by atoms with Crippen molar-refractivity contribution >= 4 is 46.3 Å². The van der Waals surface area contributed by atoms with Crippen molar-refractivity contribution in [2.24, 2.45) is 0 Å². The standard InChI is InChI=1S/C100H84N2O6/c1-5-71-27-31-74(32-28-71)68-107-89-57-45-80(46-58-89)99(78-41-35-73(36-42-78)67-105-70-104-8-4)95-25-17-15-23-91(95)93-61-53-86(65-97(93)99)101(82-19-11-9-12-20-82)84-49-37-76(38-50-84)77-39-51-85(52-40-77)102(83-21-13-10-14-22-83)87-54-62-94-92-24-16-18-26-96(92)100(98(94)66-87,79-43-55-88(56-44-79)106-64-63-103-7-3)81-47-59-90(60-48-81)108-69-75-33-29-72(6-2)30-34-75/h5-6,9-62,65-66H,1-2,7-8,63-64,67-70H2,3-4H3. The van der Waals surface area contributed by atoms with Gasteiger partial charge in [0.25, 0.3) is 0 Å². The van der Waals surface area contributed by atoms with Crippen molar-refractivity contribution in [3.8, 4) is 50.6 Å². The molecule has 108 heavy (non-hydrogen) atoms. The average Bonchev–Trinajstić information content (AvgIpc) is 1.56. The molecule has 14 aromatic carbocycles. The number of fused-ring (bicyclic) bond motifs is 6. The van der Waals surface area contributed by atoms with Crippen LogP contribution < -0.4 is 24.0 Å². The number of benzene rings is 14. The van der Waals surface area contributed by atoms with Crippen LogP contribution in [-0.2, 0) is 44.9 Å². The minimum absolute atomic E-state index is 0.243. The van der Waals surface area contributed by atoms with Gasteiger partial charge in [-0.15, -0.1) is 0 Å². The molecule has 16 rings (SSSR count). The van der Waals surface area contributed by atoms with Crippen LogP contribution in [0.3, 0.4) is 0 Å². The topological polar surface area (TPSA) is 61.9 Å². The molecule has 0 saturated carbocycles. The molecule has 2 aliphatic rings. The molecule has 0 fully saturated rings. The average molecular weight is 1410 g/mol. The summed E-state index contributed by atoms with van der Waals surface area (Å²) in [7, 11) is 0. The highest BCUT2D eigenvalue weighted by Crippen LogP contribution is 2.60. The smallest absolute Gasteiger partial charge is 0.147 e. The Morgan fingerprint density at radius 3 is 1.04 bits per heavy atom. The summed E-state index contributed by atoms with van der Waals surface area (Å²) in [6.07, 6.45) is 3.72. The summed E-state index contributed by atoms with van der Waals surface area (Å²) >= 11 is 0. The summed E-state index contributed by atoms with van der Waals surface area (Å²) in [5.41, 5.74) is 26.4. The Morgan fingerprint density at radius 1 is 0.287 bits per heavy atom. The van der Waals surface area contributed by atoms with Crippen LogP contribution in [0.4, 0.5) is 34.1 Å². The Kier molecular flexibility index (Phi) is 20.4. The first-order valence-corrected chi connectivity index (χ1v) is 37.2. The van der Waals surface area contributed by atoms with Gasteiger partial charge in [0.05, 0.1) is 24.0 Å². The van der Waals surface area contributed by atoms with Crippen molar-refractivity contribution in [3.05, 3.63) is 425 Å². The molecule has 0 spiro atoms. The fourth-order valence-electron chi connectivity index (χ4n) is 15.8. The van der Waals surface area contributed by atoms with E-state index in [1.807, 2.05) is 26.0 Å². The van der Waals surface area contributed by atoms with Crippen LogP contribution in [0, 0.1) is 0 Å². The highest BCUT2D eigenvalue weighted by Gasteiger charge is 2.48. The molecule has 8 nitrogen and oxygen atoms in total. The Morgan fingerprint density at radius 2 is 0.630 bits per heavy atom. The van der Waals surface area contributed by atoms with E-state index in [1.165, 1.54) is 44.5 Å². The van der Waals surface area contributed by atoms with Crippen LogP contribution in [0.15, 0.2) is 353 Å². The minimum atomic E-state index is -0.729. The Bertz CT molecular complexity index is 5080. The normalized spacial score (nSPS) is 14.4. The quantitative estimate of drug-likeness (QED) is 0.0339. The fourth-order valence-corrected chi connectivity index (χ4v) is 15.8. The minimum Gasteiger partial charge on any atom is -0.491 e. The molecule has 8 heteroatoms. The van der Waals surface area contributed by atoms with Crippen LogP contribution in [0.5, 0.6) is 17.2 Å². The van der Waals surface area contributed by atoms with Gasteiger partial charge in [0, 0.05) is 47.3 Å². The van der Waals surface area contributed by atoms with E-state index in [0.29, 0.717) is 46.2 Å². The lowest BCUT2D eigenvalue weighted by molar-refractivity contribution is -0.0571. The predicted molar refractivity (Wildman–Crippen MR) is 441 cm³/mol. The maximum atomic E-state index is 6.48. The van der Waals surface area contributed by atoms with Crippen molar-refractivity contribution < 1.29 is 28.4 Å². The van der Waals surface area contributed by atoms with Gasteiger partial charge in [0.1, 0.15) is 43.9 Å². The zero-order valence-corrected chi connectivity index (χ0v) is 60.9. The number of hydrogen-bond donors (Lipinski definition) is 0. The molecule has 0 aromatic heterocycles. The van der Waals surface area contributed by atoms with E-state index >= 15 is 0 Å². The lowest BCUT2D eigenvalue weighted by Crippen LogP contribution is -2.29. The third-order valence-electron chi connectivity index (χ3n) is 21.0. The fraction of sp³-hybridized carbons (Fsp3) is 0.120. The number of ether oxygens (including phenoxy) is 6. The zero-order valence-electron chi connectivity index (χ0n) is 60.9. The first-order chi connectivity index (χ1) is 53.3. The van der Waals surface area contributed by atoms with Gasteiger partial charge in [0.2, 0.25) is 0 Å². The molecule has 530 valence electrons. The largest absolute Gasteiger partial charge is 0.491 e. The SMILES string of the molecule is C=Cc1ccc(COc2ccc(C3(c4ccc(COCOCC)cc4)c4ccccc4-c4ccc(N(c5ccccc5)c5ccc(-c6ccc(N(c7ccccc7)c7ccc8c(c7)C(c7ccc(OCCOCC)cc7)(c7ccc(OCc9ccc(C=C)cc9)cc7)c7ccccc7-8)cc6)cc5)cc43)cc2)cc1. The van der Waals surface area contributed by atoms with Crippen LogP contribution >= 0.6 is 0 Å². The summed E-state index contributed by atoms with van der Waals surface area (Å²) in [5.74, 6) is 2.38. The van der Waals surface area contributed by atoms with Crippen molar-refractivity contribution in [2.45, 2.75) is 44.5 Å². The van der Waals surface area contributed by atoms with E-state index in [-0.39, 0.29) is 6.79 Å². The lowest BCUT2D eigenvalue weighted by atomic mass is 9.67. The van der Waals surface area contributed by atoms with Crippen LogP contribution in [0.25, 0.3) is 45.5 Å². The molecule has 2 unspecified atom stereocenters. The first kappa shape index (κ1) is 69.8. The molecular weight excluding hydrogens is 1330 g/mol. The monoisotopic (exact) mass is 1410 g/mol. The van der Waals surface area contributed by atoms with Gasteiger partial charge < -0.3 is 38.2 Å². The first-order valence-electron chi connectivity index (χ1n) is 37.2. The number of anilines is 6. The number of hydrogen-bond acceptors (Lipinski definition) is 8. The lowest BCUT2D eigenvalue weighted by Gasteiger charge is -2.35. The summed E-state index contributed by atoms with van der Waals surface area (Å²) in [5, 5.41) is 0. The van der Waals surface area contributed by atoms with Gasteiger partial charge in [-0.3, -0.25) is 0 Å². The molecule has 0 bridgehead atoms. The van der Waals surface area contributed by atoms with Gasteiger partial charge in [-0.05, 0) is 229 Å².